The number of nitrogens with one attached hydrogen (secondary N) is 1. The van der Waals surface area contributed by atoms with E-state index in [0.717, 1.165) is 24.4 Å². The van der Waals surface area contributed by atoms with Gasteiger partial charge in [-0.15, -0.1) is 0 Å². The Morgan fingerprint density at radius 1 is 1.20 bits per heavy atom. The quantitative estimate of drug-likeness (QED) is 0.837. The number of morpholine rings is 1. The number of carbonyl (C=O) groups is 1. The monoisotopic (exact) mass is 346 g/mol. The summed E-state index contributed by atoms with van der Waals surface area (Å²) in [5, 5.41) is 3.00. The molecular weight excluding hydrogens is 323 g/mol. The smallest absolute Gasteiger partial charge is 0.220 e. The minimum absolute atomic E-state index is 0.0112. The second-order valence-electron chi connectivity index (χ2n) is 6.10. The largest absolute Gasteiger partial charge is 0.469 e. The third-order valence-corrected chi connectivity index (χ3v) is 4.41. The summed E-state index contributed by atoms with van der Waals surface area (Å²) < 4.78 is 23.9. The standard InChI is InChI=1S/C19H23FN2O3/c20-16-5-3-15(4-6-16)18(22-9-12-24-13-10-22)14-21-19(23)8-7-17-2-1-11-25-17/h1-6,11,18H,7-10,12-14H2,(H,21,23). The molecule has 134 valence electrons. The normalized spacial score (nSPS) is 16.5. The van der Waals surface area contributed by atoms with Crippen LogP contribution in [0, 0.1) is 5.82 Å². The fourth-order valence-electron chi connectivity index (χ4n) is 3.02. The number of aryl methyl sites for hydroxylation is 1. The molecule has 1 atom stereocenters. The first kappa shape index (κ1) is 17.6. The molecule has 1 saturated heterocycles. The molecule has 3 rings (SSSR count). The van der Waals surface area contributed by atoms with E-state index in [1.807, 2.05) is 12.1 Å². The number of carbonyl (C=O) groups excluding carboxylic acids is 1. The zero-order valence-corrected chi connectivity index (χ0v) is 14.1. The molecule has 0 aliphatic carbocycles. The van der Waals surface area contributed by atoms with E-state index < -0.39 is 0 Å². The maximum atomic E-state index is 13.2. The van der Waals surface area contributed by atoms with Gasteiger partial charge < -0.3 is 14.5 Å². The van der Waals surface area contributed by atoms with Gasteiger partial charge in [-0.05, 0) is 29.8 Å². The molecule has 0 bridgehead atoms. The van der Waals surface area contributed by atoms with Crippen molar-refractivity contribution in [3.63, 3.8) is 0 Å². The summed E-state index contributed by atoms with van der Waals surface area (Å²) in [6.07, 6.45) is 2.57. The second kappa shape index (κ2) is 8.78. The van der Waals surface area contributed by atoms with Gasteiger partial charge in [-0.1, -0.05) is 12.1 Å². The Hall–Kier alpha value is -2.18. The first-order valence-corrected chi connectivity index (χ1v) is 8.59. The summed E-state index contributed by atoms with van der Waals surface area (Å²) in [5.41, 5.74) is 0.995. The summed E-state index contributed by atoms with van der Waals surface area (Å²) in [6.45, 7) is 3.42. The van der Waals surface area contributed by atoms with Crippen molar-refractivity contribution < 1.29 is 18.3 Å². The third-order valence-electron chi connectivity index (χ3n) is 4.41. The van der Waals surface area contributed by atoms with Gasteiger partial charge in [-0.25, -0.2) is 4.39 Å². The number of furan rings is 1. The van der Waals surface area contributed by atoms with E-state index in [0.29, 0.717) is 32.6 Å². The summed E-state index contributed by atoms with van der Waals surface area (Å²) in [4.78, 5) is 14.4. The maximum Gasteiger partial charge on any atom is 0.220 e. The van der Waals surface area contributed by atoms with Gasteiger partial charge in [0, 0.05) is 32.5 Å². The molecule has 1 fully saturated rings. The fourth-order valence-corrected chi connectivity index (χ4v) is 3.02. The van der Waals surface area contributed by atoms with Gasteiger partial charge in [0.1, 0.15) is 11.6 Å². The third kappa shape index (κ3) is 5.14. The van der Waals surface area contributed by atoms with Crippen LogP contribution in [-0.2, 0) is 16.0 Å². The van der Waals surface area contributed by atoms with Gasteiger partial charge in [-0.2, -0.15) is 0 Å². The first-order valence-electron chi connectivity index (χ1n) is 8.59. The topological polar surface area (TPSA) is 54.7 Å². The molecule has 1 unspecified atom stereocenters. The Bertz CT molecular complexity index is 652. The number of amides is 1. The van der Waals surface area contributed by atoms with E-state index in [4.69, 9.17) is 9.15 Å². The van der Waals surface area contributed by atoms with Crippen molar-refractivity contribution in [1.82, 2.24) is 10.2 Å². The number of benzene rings is 1. The van der Waals surface area contributed by atoms with E-state index in [2.05, 4.69) is 10.2 Å². The summed E-state index contributed by atoms with van der Waals surface area (Å²) in [6, 6.07) is 10.2. The van der Waals surface area contributed by atoms with Crippen LogP contribution in [-0.4, -0.2) is 43.7 Å². The number of halogens is 1. The highest BCUT2D eigenvalue weighted by Crippen LogP contribution is 2.21. The number of hydrogen-bond acceptors (Lipinski definition) is 4. The second-order valence-corrected chi connectivity index (χ2v) is 6.10. The van der Waals surface area contributed by atoms with Crippen molar-refractivity contribution in [3.8, 4) is 0 Å². The highest BCUT2D eigenvalue weighted by molar-refractivity contribution is 5.76. The van der Waals surface area contributed by atoms with Crippen molar-refractivity contribution in [1.29, 1.82) is 0 Å². The lowest BCUT2D eigenvalue weighted by molar-refractivity contribution is -0.121. The number of hydrogen-bond donors (Lipinski definition) is 1. The van der Waals surface area contributed by atoms with Gasteiger partial charge in [0.2, 0.25) is 5.91 Å². The molecule has 1 N–H and O–H groups in total. The van der Waals surface area contributed by atoms with Gasteiger partial charge >= 0.3 is 0 Å². The van der Waals surface area contributed by atoms with Crippen LogP contribution in [0.3, 0.4) is 0 Å². The fraction of sp³-hybridized carbons (Fsp3) is 0.421. The van der Waals surface area contributed by atoms with Crippen molar-refractivity contribution in [2.24, 2.45) is 0 Å². The van der Waals surface area contributed by atoms with Crippen LogP contribution in [0.15, 0.2) is 47.1 Å². The average molecular weight is 346 g/mol. The van der Waals surface area contributed by atoms with E-state index in [9.17, 15) is 9.18 Å². The van der Waals surface area contributed by atoms with Crippen molar-refractivity contribution >= 4 is 5.91 Å². The summed E-state index contributed by atoms with van der Waals surface area (Å²) in [7, 11) is 0. The lowest BCUT2D eigenvalue weighted by atomic mass is 10.0. The number of rotatable bonds is 7. The molecule has 0 radical (unpaired) electrons. The first-order chi connectivity index (χ1) is 12.2. The number of ether oxygens (including phenoxy) is 1. The molecule has 1 aromatic carbocycles. The van der Waals surface area contributed by atoms with Gasteiger partial charge in [0.05, 0.1) is 25.5 Å². The molecule has 2 heterocycles. The van der Waals surface area contributed by atoms with E-state index in [1.165, 1.54) is 12.1 Å². The lowest BCUT2D eigenvalue weighted by Gasteiger charge is -2.35. The van der Waals surface area contributed by atoms with Gasteiger partial charge in [0.25, 0.3) is 0 Å². The predicted octanol–water partition coefficient (Wildman–Crippen LogP) is 2.54. The molecule has 0 saturated carbocycles. The van der Waals surface area contributed by atoms with Gasteiger partial charge in [-0.3, -0.25) is 9.69 Å². The van der Waals surface area contributed by atoms with E-state index >= 15 is 0 Å². The molecule has 1 aromatic heterocycles. The van der Waals surface area contributed by atoms with Crippen LogP contribution in [0.1, 0.15) is 23.8 Å². The van der Waals surface area contributed by atoms with Gasteiger partial charge in [0.15, 0.2) is 0 Å². The average Bonchev–Trinajstić information content (AvgIpc) is 3.16. The Labute approximate surface area is 146 Å². The molecule has 0 spiro atoms. The van der Waals surface area contributed by atoms with Crippen LogP contribution >= 0.6 is 0 Å². The lowest BCUT2D eigenvalue weighted by Crippen LogP contribution is -2.43. The molecule has 1 amide bonds. The van der Waals surface area contributed by atoms with Crippen LogP contribution < -0.4 is 5.32 Å². The van der Waals surface area contributed by atoms with Crippen LogP contribution in [0.4, 0.5) is 4.39 Å². The van der Waals surface area contributed by atoms with Crippen LogP contribution in [0.5, 0.6) is 0 Å². The minimum Gasteiger partial charge on any atom is -0.469 e. The van der Waals surface area contributed by atoms with E-state index in [-0.39, 0.29) is 17.8 Å². The minimum atomic E-state index is -0.257. The Kier molecular flexibility index (Phi) is 6.19. The summed E-state index contributed by atoms with van der Waals surface area (Å²) >= 11 is 0. The van der Waals surface area contributed by atoms with Crippen molar-refractivity contribution in [2.45, 2.75) is 18.9 Å². The molecule has 25 heavy (non-hydrogen) atoms. The van der Waals surface area contributed by atoms with Crippen LogP contribution in [0.2, 0.25) is 0 Å². The Balaban J connectivity index is 1.58. The Morgan fingerprint density at radius 3 is 2.64 bits per heavy atom. The van der Waals surface area contributed by atoms with Crippen LogP contribution in [0.25, 0.3) is 0 Å². The maximum absolute atomic E-state index is 13.2. The SMILES string of the molecule is O=C(CCc1ccco1)NCC(c1ccc(F)cc1)N1CCOCC1. The number of nitrogens with zero attached hydrogens (tertiary/aromatic N) is 1. The molecule has 1 aliphatic heterocycles. The zero-order chi connectivity index (χ0) is 17.5. The molecular formula is C19H23FN2O3. The zero-order valence-electron chi connectivity index (χ0n) is 14.1. The Morgan fingerprint density at radius 2 is 1.96 bits per heavy atom. The van der Waals surface area contributed by atoms with Crippen molar-refractivity contribution in [3.05, 3.63) is 59.8 Å². The van der Waals surface area contributed by atoms with Crippen molar-refractivity contribution in [2.75, 3.05) is 32.8 Å². The summed E-state index contributed by atoms with van der Waals surface area (Å²) in [5.74, 6) is 0.530. The predicted molar refractivity (Wildman–Crippen MR) is 91.6 cm³/mol. The molecule has 1 aliphatic rings. The van der Waals surface area contributed by atoms with E-state index in [1.54, 1.807) is 18.4 Å². The molecule has 6 heteroatoms. The molecule has 5 nitrogen and oxygen atoms in total. The molecule has 2 aromatic rings. The highest BCUT2D eigenvalue weighted by Gasteiger charge is 2.23. The highest BCUT2D eigenvalue weighted by atomic mass is 19.1.